The summed E-state index contributed by atoms with van der Waals surface area (Å²) in [4.78, 5) is 0. The van der Waals surface area contributed by atoms with Gasteiger partial charge < -0.3 is 10.1 Å². The minimum Gasteiger partial charge on any atom is -0.377 e. The Morgan fingerprint density at radius 3 is 2.53 bits per heavy atom. The minimum absolute atomic E-state index is 0.0797. The molecule has 0 fully saturated rings. The van der Waals surface area contributed by atoms with Crippen molar-refractivity contribution in [1.82, 2.24) is 5.32 Å². The van der Waals surface area contributed by atoms with Crippen molar-refractivity contribution in [2.45, 2.75) is 45.8 Å². The second kappa shape index (κ2) is 8.80. The van der Waals surface area contributed by atoms with Crippen LogP contribution in [0.3, 0.4) is 0 Å². The molecule has 108 valence electrons. The zero-order valence-corrected chi connectivity index (χ0v) is 13.4. The van der Waals surface area contributed by atoms with Crippen LogP contribution in [-0.4, -0.2) is 19.3 Å². The van der Waals surface area contributed by atoms with E-state index in [9.17, 15) is 0 Å². The molecule has 0 saturated carbocycles. The first-order chi connectivity index (χ1) is 9.15. The fourth-order valence-corrected chi connectivity index (χ4v) is 2.69. The fourth-order valence-electron chi connectivity index (χ4n) is 2.27. The lowest BCUT2D eigenvalue weighted by molar-refractivity contribution is 0.0280. The maximum absolute atomic E-state index is 6.34. The van der Waals surface area contributed by atoms with Gasteiger partial charge in [-0.1, -0.05) is 55.6 Å². The van der Waals surface area contributed by atoms with E-state index in [1.54, 1.807) is 0 Å². The molecule has 1 aromatic carbocycles. The Balaban J connectivity index is 3.06. The topological polar surface area (TPSA) is 21.3 Å². The second-order valence-corrected chi connectivity index (χ2v) is 5.25. The third-order valence-corrected chi connectivity index (χ3v) is 3.90. The number of halogens is 2. The molecule has 2 unspecified atom stereocenters. The van der Waals surface area contributed by atoms with Gasteiger partial charge in [-0.25, -0.2) is 0 Å². The molecule has 0 amide bonds. The largest absolute Gasteiger partial charge is 0.377 e. The van der Waals surface area contributed by atoms with E-state index in [1.165, 1.54) is 0 Å². The molecule has 4 heteroatoms. The Labute approximate surface area is 126 Å². The first-order valence-electron chi connectivity index (χ1n) is 6.94. The van der Waals surface area contributed by atoms with E-state index in [0.29, 0.717) is 16.7 Å². The highest BCUT2D eigenvalue weighted by atomic mass is 35.5. The van der Waals surface area contributed by atoms with E-state index in [1.807, 2.05) is 25.1 Å². The average Bonchev–Trinajstić information content (AvgIpc) is 2.40. The van der Waals surface area contributed by atoms with E-state index in [2.05, 4.69) is 19.2 Å². The summed E-state index contributed by atoms with van der Waals surface area (Å²) in [5.41, 5.74) is 1.02. The third kappa shape index (κ3) is 4.64. The molecule has 19 heavy (non-hydrogen) atoms. The first-order valence-corrected chi connectivity index (χ1v) is 7.70. The van der Waals surface area contributed by atoms with E-state index in [-0.39, 0.29) is 12.1 Å². The van der Waals surface area contributed by atoms with Gasteiger partial charge in [0.1, 0.15) is 0 Å². The first kappa shape index (κ1) is 16.8. The lowest BCUT2D eigenvalue weighted by Crippen LogP contribution is -2.34. The molecule has 0 spiro atoms. The monoisotopic (exact) mass is 303 g/mol. The van der Waals surface area contributed by atoms with Crippen LogP contribution in [0.25, 0.3) is 0 Å². The van der Waals surface area contributed by atoms with Crippen LogP contribution >= 0.6 is 23.2 Å². The number of hydrogen-bond donors (Lipinski definition) is 1. The summed E-state index contributed by atoms with van der Waals surface area (Å²) in [6.45, 7) is 7.83. The highest BCUT2D eigenvalue weighted by molar-refractivity contribution is 6.42. The Morgan fingerprint density at radius 1 is 1.21 bits per heavy atom. The predicted molar refractivity (Wildman–Crippen MR) is 83.2 cm³/mol. The Morgan fingerprint density at radius 2 is 1.95 bits per heavy atom. The standard InChI is InChI=1S/C15H23Cl2NO/c1-4-8-13(19-6-3)15(18-5-2)11-9-7-10-12(16)14(11)17/h7,9-10,13,15,18H,4-6,8H2,1-3H3. The van der Waals surface area contributed by atoms with Gasteiger partial charge >= 0.3 is 0 Å². The highest BCUT2D eigenvalue weighted by Crippen LogP contribution is 2.33. The molecule has 0 aliphatic heterocycles. The van der Waals surface area contributed by atoms with E-state index in [0.717, 1.165) is 24.9 Å². The van der Waals surface area contributed by atoms with Gasteiger partial charge in [-0.15, -0.1) is 0 Å². The number of hydrogen-bond acceptors (Lipinski definition) is 2. The van der Waals surface area contributed by atoms with Crippen LogP contribution in [0.15, 0.2) is 18.2 Å². The summed E-state index contributed by atoms with van der Waals surface area (Å²) < 4.78 is 5.88. The molecule has 1 rings (SSSR count). The lowest BCUT2D eigenvalue weighted by atomic mass is 9.98. The molecule has 1 aromatic rings. The molecule has 0 bridgehead atoms. The van der Waals surface area contributed by atoms with E-state index in [4.69, 9.17) is 27.9 Å². The van der Waals surface area contributed by atoms with E-state index >= 15 is 0 Å². The summed E-state index contributed by atoms with van der Waals surface area (Å²) in [6, 6.07) is 5.84. The zero-order valence-electron chi connectivity index (χ0n) is 11.9. The van der Waals surface area contributed by atoms with Gasteiger partial charge in [0.05, 0.1) is 22.2 Å². The van der Waals surface area contributed by atoms with Crippen LogP contribution < -0.4 is 5.32 Å². The van der Waals surface area contributed by atoms with Gasteiger partial charge in [0.15, 0.2) is 0 Å². The molecular formula is C15H23Cl2NO. The molecule has 2 nitrogen and oxygen atoms in total. The van der Waals surface area contributed by atoms with Crippen molar-refractivity contribution in [3.05, 3.63) is 33.8 Å². The maximum atomic E-state index is 6.34. The maximum Gasteiger partial charge on any atom is 0.0770 e. The van der Waals surface area contributed by atoms with Crippen molar-refractivity contribution in [2.24, 2.45) is 0 Å². The second-order valence-electron chi connectivity index (χ2n) is 4.46. The smallest absolute Gasteiger partial charge is 0.0770 e. The summed E-state index contributed by atoms with van der Waals surface area (Å²) >= 11 is 12.5. The third-order valence-electron chi connectivity index (χ3n) is 3.07. The number of likely N-dealkylation sites (N-methyl/N-ethyl adjacent to an activating group) is 1. The SMILES string of the molecule is CCCC(OCC)C(NCC)c1cccc(Cl)c1Cl. The van der Waals surface area contributed by atoms with Gasteiger partial charge in [-0.3, -0.25) is 0 Å². The molecule has 0 aliphatic rings. The van der Waals surface area contributed by atoms with Crippen molar-refractivity contribution >= 4 is 23.2 Å². The lowest BCUT2D eigenvalue weighted by Gasteiger charge is -2.29. The van der Waals surface area contributed by atoms with Crippen LogP contribution in [0.5, 0.6) is 0 Å². The number of ether oxygens (including phenoxy) is 1. The molecule has 0 aliphatic carbocycles. The van der Waals surface area contributed by atoms with Crippen molar-refractivity contribution in [2.75, 3.05) is 13.2 Å². The average molecular weight is 304 g/mol. The van der Waals surface area contributed by atoms with Gasteiger partial charge in [0, 0.05) is 6.61 Å². The summed E-state index contributed by atoms with van der Waals surface area (Å²) in [5, 5.41) is 4.68. The van der Waals surface area contributed by atoms with Crippen LogP contribution in [0.4, 0.5) is 0 Å². The number of nitrogens with one attached hydrogen (secondary N) is 1. The number of rotatable bonds is 8. The molecule has 1 N–H and O–H groups in total. The molecular weight excluding hydrogens is 281 g/mol. The molecule has 0 aromatic heterocycles. The summed E-state index contributed by atoms with van der Waals surface area (Å²) in [6.07, 6.45) is 2.19. The van der Waals surface area contributed by atoms with Crippen molar-refractivity contribution in [1.29, 1.82) is 0 Å². The van der Waals surface area contributed by atoms with E-state index < -0.39 is 0 Å². The fraction of sp³-hybridized carbons (Fsp3) is 0.600. The summed E-state index contributed by atoms with van der Waals surface area (Å²) in [7, 11) is 0. The van der Waals surface area contributed by atoms with Gasteiger partial charge in [0.2, 0.25) is 0 Å². The van der Waals surface area contributed by atoms with Crippen LogP contribution in [0.1, 0.15) is 45.2 Å². The predicted octanol–water partition coefficient (Wildman–Crippen LogP) is 4.85. The Kier molecular flexibility index (Phi) is 7.77. The summed E-state index contributed by atoms with van der Waals surface area (Å²) in [5.74, 6) is 0. The van der Waals surface area contributed by atoms with Gasteiger partial charge in [-0.05, 0) is 31.5 Å². The van der Waals surface area contributed by atoms with Crippen molar-refractivity contribution < 1.29 is 4.74 Å². The van der Waals surface area contributed by atoms with Crippen molar-refractivity contribution in [3.63, 3.8) is 0 Å². The van der Waals surface area contributed by atoms with Gasteiger partial charge in [0.25, 0.3) is 0 Å². The van der Waals surface area contributed by atoms with Crippen LogP contribution in [-0.2, 0) is 4.74 Å². The van der Waals surface area contributed by atoms with Crippen LogP contribution in [0, 0.1) is 0 Å². The van der Waals surface area contributed by atoms with Crippen molar-refractivity contribution in [3.8, 4) is 0 Å². The Bertz CT molecular complexity index is 378. The molecule has 2 atom stereocenters. The normalized spacial score (nSPS) is 14.4. The molecule has 0 heterocycles. The number of benzene rings is 1. The highest BCUT2D eigenvalue weighted by Gasteiger charge is 2.24. The molecule has 0 radical (unpaired) electrons. The van der Waals surface area contributed by atoms with Crippen LogP contribution in [0.2, 0.25) is 10.0 Å². The molecule has 0 saturated heterocycles. The Hall–Kier alpha value is -0.280. The zero-order chi connectivity index (χ0) is 14.3. The van der Waals surface area contributed by atoms with Gasteiger partial charge in [-0.2, -0.15) is 0 Å². The quantitative estimate of drug-likeness (QED) is 0.741. The minimum atomic E-state index is 0.0797.